The highest BCUT2D eigenvalue weighted by Crippen LogP contribution is 2.21. The summed E-state index contributed by atoms with van der Waals surface area (Å²) in [7, 11) is 0. The first-order chi connectivity index (χ1) is 12.2. The van der Waals surface area contributed by atoms with E-state index in [1.165, 1.54) is 11.3 Å². The van der Waals surface area contributed by atoms with Crippen LogP contribution in [0.4, 0.5) is 5.69 Å². The number of benzene rings is 2. The molecule has 126 valence electrons. The summed E-state index contributed by atoms with van der Waals surface area (Å²) in [6, 6.07) is 19.5. The molecular formula is C20H18N2O2S. The maximum absolute atomic E-state index is 12.0. The van der Waals surface area contributed by atoms with Gasteiger partial charge in [0.2, 0.25) is 5.91 Å². The number of hydrogen-bond acceptors (Lipinski definition) is 3. The minimum absolute atomic E-state index is 0.127. The Kier molecular flexibility index (Phi) is 5.59. The lowest BCUT2D eigenvalue weighted by molar-refractivity contribution is -0.116. The Hall–Kier alpha value is -2.92. The molecule has 1 aromatic heterocycles. The van der Waals surface area contributed by atoms with Crippen molar-refractivity contribution in [2.45, 2.75) is 6.42 Å². The van der Waals surface area contributed by atoms with E-state index in [9.17, 15) is 9.59 Å². The first kappa shape index (κ1) is 16.9. The van der Waals surface area contributed by atoms with Gasteiger partial charge in [-0.25, -0.2) is 0 Å². The van der Waals surface area contributed by atoms with Crippen LogP contribution >= 0.6 is 11.3 Å². The number of thiophene rings is 1. The van der Waals surface area contributed by atoms with Gasteiger partial charge in [-0.1, -0.05) is 42.5 Å². The molecule has 0 saturated heterocycles. The van der Waals surface area contributed by atoms with Gasteiger partial charge >= 0.3 is 0 Å². The zero-order valence-corrected chi connectivity index (χ0v) is 14.4. The van der Waals surface area contributed by atoms with Crippen LogP contribution in [-0.2, 0) is 4.79 Å². The number of rotatable bonds is 6. The van der Waals surface area contributed by atoms with Crippen LogP contribution in [0.15, 0.2) is 71.4 Å². The zero-order valence-electron chi connectivity index (χ0n) is 13.6. The molecule has 0 spiro atoms. The maximum Gasteiger partial charge on any atom is 0.252 e. The summed E-state index contributed by atoms with van der Waals surface area (Å²) < 4.78 is 0. The third-order valence-corrected chi connectivity index (χ3v) is 4.38. The number of nitrogens with one attached hydrogen (secondary N) is 2. The number of carbonyl (C=O) groups excluding carboxylic acids is 2. The average molecular weight is 350 g/mol. The van der Waals surface area contributed by atoms with E-state index in [1.54, 1.807) is 11.4 Å². The largest absolute Gasteiger partial charge is 0.351 e. The molecular weight excluding hydrogens is 332 g/mol. The summed E-state index contributed by atoms with van der Waals surface area (Å²) in [5.74, 6) is -0.278. The van der Waals surface area contributed by atoms with Gasteiger partial charge in [0.25, 0.3) is 5.91 Å². The Bertz CT molecular complexity index is 828. The van der Waals surface area contributed by atoms with Crippen molar-refractivity contribution in [2.75, 3.05) is 11.9 Å². The minimum Gasteiger partial charge on any atom is -0.351 e. The number of anilines is 1. The third-order valence-electron chi connectivity index (χ3n) is 3.70. The van der Waals surface area contributed by atoms with Crippen LogP contribution in [0.5, 0.6) is 0 Å². The standard InChI is InChI=1S/C20H18N2O2S/c23-19(10-12-21-20(24)17-11-13-25-14-17)22-18-8-6-16(7-9-18)15-4-2-1-3-5-15/h1-9,11,13-14H,10,12H2,(H,21,24)(H,22,23). The quantitative estimate of drug-likeness (QED) is 0.701. The summed E-state index contributed by atoms with van der Waals surface area (Å²) in [5.41, 5.74) is 3.61. The Morgan fingerprint density at radius 3 is 2.28 bits per heavy atom. The van der Waals surface area contributed by atoms with Crippen molar-refractivity contribution in [3.05, 3.63) is 77.0 Å². The SMILES string of the molecule is O=C(CCNC(=O)c1ccsc1)Nc1ccc(-c2ccccc2)cc1. The second kappa shape index (κ2) is 8.26. The molecule has 2 N–H and O–H groups in total. The van der Waals surface area contributed by atoms with Crippen molar-refractivity contribution in [1.29, 1.82) is 0 Å². The van der Waals surface area contributed by atoms with Crippen LogP contribution < -0.4 is 10.6 Å². The molecule has 0 aliphatic carbocycles. The second-order valence-corrected chi connectivity index (χ2v) is 6.29. The van der Waals surface area contributed by atoms with Crippen molar-refractivity contribution in [2.24, 2.45) is 0 Å². The van der Waals surface area contributed by atoms with Crippen molar-refractivity contribution in [3.8, 4) is 11.1 Å². The topological polar surface area (TPSA) is 58.2 Å². The van der Waals surface area contributed by atoms with Crippen molar-refractivity contribution in [1.82, 2.24) is 5.32 Å². The van der Waals surface area contributed by atoms with Gasteiger partial charge < -0.3 is 10.6 Å². The fraction of sp³-hybridized carbons (Fsp3) is 0.100. The van der Waals surface area contributed by atoms with Crippen LogP contribution in [0.3, 0.4) is 0 Å². The molecule has 3 rings (SSSR count). The number of carbonyl (C=O) groups is 2. The molecule has 2 amide bonds. The molecule has 0 aliphatic heterocycles. The lowest BCUT2D eigenvalue weighted by Crippen LogP contribution is -2.27. The minimum atomic E-state index is -0.152. The number of amides is 2. The summed E-state index contributed by atoms with van der Waals surface area (Å²) >= 11 is 1.47. The summed E-state index contributed by atoms with van der Waals surface area (Å²) in [6.07, 6.45) is 0.232. The van der Waals surface area contributed by atoms with E-state index < -0.39 is 0 Å². The van der Waals surface area contributed by atoms with E-state index >= 15 is 0 Å². The predicted octanol–water partition coefficient (Wildman–Crippen LogP) is 4.17. The fourth-order valence-corrected chi connectivity index (χ4v) is 3.02. The van der Waals surface area contributed by atoms with Crippen LogP contribution in [0.2, 0.25) is 0 Å². The Labute approximate surface area is 150 Å². The molecule has 3 aromatic rings. The monoisotopic (exact) mass is 350 g/mol. The Balaban J connectivity index is 1.47. The highest BCUT2D eigenvalue weighted by molar-refractivity contribution is 7.08. The van der Waals surface area contributed by atoms with E-state index in [0.29, 0.717) is 12.1 Å². The zero-order chi connectivity index (χ0) is 17.5. The van der Waals surface area contributed by atoms with Gasteiger partial charge in [-0.2, -0.15) is 11.3 Å². The normalized spacial score (nSPS) is 10.2. The number of hydrogen-bond donors (Lipinski definition) is 2. The first-order valence-corrected chi connectivity index (χ1v) is 8.92. The summed E-state index contributed by atoms with van der Waals surface area (Å²) in [6.45, 7) is 0.308. The molecule has 0 unspecified atom stereocenters. The Morgan fingerprint density at radius 1 is 0.880 bits per heavy atom. The van der Waals surface area contributed by atoms with E-state index in [4.69, 9.17) is 0 Å². The smallest absolute Gasteiger partial charge is 0.252 e. The Morgan fingerprint density at radius 2 is 1.60 bits per heavy atom. The van der Waals surface area contributed by atoms with E-state index in [-0.39, 0.29) is 18.2 Å². The van der Waals surface area contributed by atoms with Gasteiger partial charge in [0.05, 0.1) is 0 Å². The van der Waals surface area contributed by atoms with Gasteiger partial charge in [0.1, 0.15) is 0 Å². The molecule has 1 heterocycles. The third kappa shape index (κ3) is 4.78. The molecule has 0 aliphatic rings. The van der Waals surface area contributed by atoms with Crippen LogP contribution in [0.1, 0.15) is 16.8 Å². The summed E-state index contributed by atoms with van der Waals surface area (Å²) in [5, 5.41) is 9.21. The maximum atomic E-state index is 12.0. The van der Waals surface area contributed by atoms with E-state index in [1.807, 2.05) is 60.0 Å². The molecule has 0 fully saturated rings. The lowest BCUT2D eigenvalue weighted by Gasteiger charge is -2.07. The fourth-order valence-electron chi connectivity index (χ4n) is 2.39. The second-order valence-electron chi connectivity index (χ2n) is 5.51. The average Bonchev–Trinajstić information content (AvgIpc) is 3.18. The molecule has 4 nitrogen and oxygen atoms in total. The molecule has 0 radical (unpaired) electrons. The van der Waals surface area contributed by atoms with Crippen molar-refractivity contribution >= 4 is 28.8 Å². The van der Waals surface area contributed by atoms with Crippen molar-refractivity contribution in [3.63, 3.8) is 0 Å². The highest BCUT2D eigenvalue weighted by Gasteiger charge is 2.07. The van der Waals surface area contributed by atoms with Crippen LogP contribution in [0.25, 0.3) is 11.1 Å². The lowest BCUT2D eigenvalue weighted by atomic mass is 10.1. The molecule has 0 bridgehead atoms. The van der Waals surface area contributed by atoms with Crippen molar-refractivity contribution < 1.29 is 9.59 Å². The van der Waals surface area contributed by atoms with Gasteiger partial charge in [0.15, 0.2) is 0 Å². The molecule has 25 heavy (non-hydrogen) atoms. The molecule has 0 saturated carbocycles. The predicted molar refractivity (Wildman–Crippen MR) is 102 cm³/mol. The van der Waals surface area contributed by atoms with Crippen LogP contribution in [0, 0.1) is 0 Å². The van der Waals surface area contributed by atoms with Gasteiger partial charge in [-0.05, 0) is 34.7 Å². The summed E-state index contributed by atoms with van der Waals surface area (Å²) in [4.78, 5) is 23.8. The molecule has 2 aromatic carbocycles. The van der Waals surface area contributed by atoms with Gasteiger partial charge in [-0.15, -0.1) is 0 Å². The van der Waals surface area contributed by atoms with Gasteiger partial charge in [-0.3, -0.25) is 9.59 Å². The van der Waals surface area contributed by atoms with Gasteiger partial charge in [0, 0.05) is 29.6 Å². The van der Waals surface area contributed by atoms with E-state index in [2.05, 4.69) is 10.6 Å². The molecule has 0 atom stereocenters. The first-order valence-electron chi connectivity index (χ1n) is 7.98. The van der Waals surface area contributed by atoms with Crippen LogP contribution in [-0.4, -0.2) is 18.4 Å². The molecule has 5 heteroatoms. The van der Waals surface area contributed by atoms with E-state index in [0.717, 1.165) is 16.8 Å². The highest BCUT2D eigenvalue weighted by atomic mass is 32.1.